The van der Waals surface area contributed by atoms with Crippen molar-refractivity contribution in [1.29, 1.82) is 0 Å². The zero-order valence-corrected chi connectivity index (χ0v) is 35.7. The van der Waals surface area contributed by atoms with Crippen LogP contribution in [0.5, 0.6) is 0 Å². The number of nitrogens with zero attached hydrogens (tertiary/aromatic N) is 4. The van der Waals surface area contributed by atoms with Gasteiger partial charge in [0.1, 0.15) is 17.9 Å². The van der Waals surface area contributed by atoms with Crippen molar-refractivity contribution in [2.75, 3.05) is 24.1 Å². The van der Waals surface area contributed by atoms with E-state index in [1.165, 1.54) is 6.42 Å². The number of carbonyl (C=O) groups excluding carboxylic acids is 4. The maximum absolute atomic E-state index is 13.6. The summed E-state index contributed by atoms with van der Waals surface area (Å²) in [5.41, 5.74) is 23.7. The number of nitrogens with one attached hydrogen (secondary N) is 2. The van der Waals surface area contributed by atoms with E-state index in [-0.39, 0.29) is 36.7 Å². The van der Waals surface area contributed by atoms with Gasteiger partial charge in [-0.15, -0.1) is 0 Å². The molecule has 324 valence electrons. The van der Waals surface area contributed by atoms with Crippen LogP contribution in [0, 0.1) is 17.8 Å². The number of Topliss-reactive ketones (excluding diaryl/α,β-unsaturated/α-hetero) is 1. The molecule has 61 heavy (non-hydrogen) atoms. The summed E-state index contributed by atoms with van der Waals surface area (Å²) in [6.45, 7) is 7.94. The van der Waals surface area contributed by atoms with Gasteiger partial charge in [0.25, 0.3) is 0 Å². The third kappa shape index (κ3) is 11.8. The number of primary amides is 1. The van der Waals surface area contributed by atoms with Gasteiger partial charge in [0.2, 0.25) is 5.91 Å². The highest BCUT2D eigenvalue weighted by Gasteiger charge is 2.27. The SMILES string of the molecule is CCCCc1nc2c(N)nc3ccccc3c2n1Cc1ccc(CN(CC2CCC2)C(=O)OCc2ccc(NC(=O)[C@H](CCCNC(N)=O)CC(=O)[C@@H](N)C(C)C)cc2)cc1. The van der Waals surface area contributed by atoms with Crippen LogP contribution in [0.1, 0.15) is 94.7 Å². The predicted octanol–water partition coefficient (Wildman–Crippen LogP) is 7.44. The predicted molar refractivity (Wildman–Crippen MR) is 239 cm³/mol. The van der Waals surface area contributed by atoms with Gasteiger partial charge in [-0.2, -0.15) is 0 Å². The topological polar surface area (TPSA) is 214 Å². The number of aromatic nitrogens is 3. The molecule has 3 aromatic carbocycles. The average molecular weight is 832 g/mol. The second kappa shape index (κ2) is 21.0. The summed E-state index contributed by atoms with van der Waals surface area (Å²) in [7, 11) is 0. The Hall–Kier alpha value is -6.02. The summed E-state index contributed by atoms with van der Waals surface area (Å²) >= 11 is 0. The van der Waals surface area contributed by atoms with Crippen molar-refractivity contribution in [2.24, 2.45) is 29.2 Å². The van der Waals surface area contributed by atoms with Crippen molar-refractivity contribution in [2.45, 2.75) is 104 Å². The fourth-order valence-corrected chi connectivity index (χ4v) is 7.75. The van der Waals surface area contributed by atoms with Crippen LogP contribution < -0.4 is 27.8 Å². The second-order valence-corrected chi connectivity index (χ2v) is 16.7. The molecule has 14 heteroatoms. The molecule has 0 unspecified atom stereocenters. The van der Waals surface area contributed by atoms with Gasteiger partial charge < -0.3 is 42.0 Å². The highest BCUT2D eigenvalue weighted by molar-refractivity contribution is 6.06. The van der Waals surface area contributed by atoms with Gasteiger partial charge in [0, 0.05) is 56.0 Å². The number of nitrogens with two attached hydrogens (primary N) is 3. The maximum Gasteiger partial charge on any atom is 0.410 e. The summed E-state index contributed by atoms with van der Waals surface area (Å²) in [6.07, 6.45) is 6.71. The number of ketones is 1. The molecule has 2 aromatic heterocycles. The van der Waals surface area contributed by atoms with E-state index in [1.54, 1.807) is 29.2 Å². The third-order valence-corrected chi connectivity index (χ3v) is 11.7. The van der Waals surface area contributed by atoms with E-state index in [2.05, 4.69) is 57.4 Å². The summed E-state index contributed by atoms with van der Waals surface area (Å²) in [5.74, 6) is 0.682. The van der Waals surface area contributed by atoms with E-state index in [9.17, 15) is 19.2 Å². The number of fused-ring (bicyclic) bond motifs is 3. The zero-order chi connectivity index (χ0) is 43.5. The number of rotatable bonds is 21. The molecule has 0 saturated heterocycles. The lowest BCUT2D eigenvalue weighted by molar-refractivity contribution is -0.127. The Bertz CT molecular complexity index is 2290. The van der Waals surface area contributed by atoms with Crippen LogP contribution in [-0.4, -0.2) is 62.4 Å². The van der Waals surface area contributed by atoms with Crippen molar-refractivity contribution in [3.8, 4) is 0 Å². The lowest BCUT2D eigenvalue weighted by Crippen LogP contribution is -2.38. The van der Waals surface area contributed by atoms with Gasteiger partial charge >= 0.3 is 12.1 Å². The minimum Gasteiger partial charge on any atom is -0.445 e. The first-order chi connectivity index (χ1) is 29.4. The molecule has 2 heterocycles. The van der Waals surface area contributed by atoms with Crippen LogP contribution in [0.2, 0.25) is 0 Å². The van der Waals surface area contributed by atoms with Crippen LogP contribution in [0.25, 0.3) is 21.9 Å². The summed E-state index contributed by atoms with van der Waals surface area (Å²) < 4.78 is 8.14. The number of anilines is 2. The number of aryl methyl sites for hydroxylation is 1. The minimum atomic E-state index is -0.671. The molecular weight excluding hydrogens is 771 g/mol. The third-order valence-electron chi connectivity index (χ3n) is 11.7. The van der Waals surface area contributed by atoms with Crippen molar-refractivity contribution < 1.29 is 23.9 Å². The highest BCUT2D eigenvalue weighted by Crippen LogP contribution is 2.31. The monoisotopic (exact) mass is 831 g/mol. The fourth-order valence-electron chi connectivity index (χ4n) is 7.75. The number of hydrogen-bond acceptors (Lipinski definition) is 9. The van der Waals surface area contributed by atoms with Crippen LogP contribution in [-0.2, 0) is 40.4 Å². The van der Waals surface area contributed by atoms with Crippen molar-refractivity contribution >= 4 is 57.3 Å². The van der Waals surface area contributed by atoms with Crippen molar-refractivity contribution in [1.82, 2.24) is 24.8 Å². The number of benzene rings is 3. The zero-order valence-electron chi connectivity index (χ0n) is 35.7. The van der Waals surface area contributed by atoms with Crippen molar-refractivity contribution in [3.05, 3.63) is 95.3 Å². The molecule has 0 spiro atoms. The van der Waals surface area contributed by atoms with Crippen LogP contribution in [0.4, 0.5) is 21.1 Å². The molecular formula is C47H61N9O5. The standard InChI is InChI=1S/C47H61N9O5/c1-4-5-15-40-54-42-43(37-13-6-7-14-38(37)53-44(42)49)56(40)28-33-18-16-32(17-19-33)27-55(26-31-10-8-11-31)47(60)61-29-34-20-22-36(23-21-34)52-45(58)35(12-9-24-51-46(50)59)25-39(57)41(48)30(2)3/h6-7,13-14,16-23,30-31,35,41H,4-5,8-12,15,24-29,48H2,1-3H3,(H2,49,53)(H,52,58)(H3,50,51,59)/t35-,41+/m1/s1. The second-order valence-electron chi connectivity index (χ2n) is 16.7. The smallest absolute Gasteiger partial charge is 0.410 e. The normalized spacial score (nSPS) is 13.8. The van der Waals surface area contributed by atoms with Gasteiger partial charge in [0.15, 0.2) is 11.6 Å². The lowest BCUT2D eigenvalue weighted by Gasteiger charge is -2.32. The van der Waals surface area contributed by atoms with Crippen LogP contribution in [0.15, 0.2) is 72.8 Å². The van der Waals surface area contributed by atoms with Gasteiger partial charge in [-0.1, -0.05) is 88.2 Å². The van der Waals surface area contributed by atoms with E-state index in [1.807, 2.05) is 32.0 Å². The molecule has 8 N–H and O–H groups in total. The Balaban J connectivity index is 1.08. The van der Waals surface area contributed by atoms with E-state index in [4.69, 9.17) is 26.9 Å². The van der Waals surface area contributed by atoms with E-state index in [0.717, 1.165) is 76.6 Å². The number of nitrogen functional groups attached to an aromatic ring is 1. The first-order valence-corrected chi connectivity index (χ1v) is 21.6. The molecule has 1 aliphatic rings. The number of carbonyl (C=O) groups is 4. The number of amides is 4. The van der Waals surface area contributed by atoms with E-state index >= 15 is 0 Å². The molecule has 4 amide bonds. The Labute approximate surface area is 358 Å². The number of hydrogen-bond donors (Lipinski definition) is 5. The number of para-hydroxylation sites is 1. The van der Waals surface area contributed by atoms with Crippen LogP contribution >= 0.6 is 0 Å². The molecule has 5 aromatic rings. The molecule has 6 rings (SSSR count). The first kappa shape index (κ1) is 44.5. The maximum atomic E-state index is 13.6. The Morgan fingerprint density at radius 1 is 0.934 bits per heavy atom. The quantitative estimate of drug-likeness (QED) is 0.0464. The molecule has 1 fully saturated rings. The molecule has 0 bridgehead atoms. The molecule has 14 nitrogen and oxygen atoms in total. The van der Waals surface area contributed by atoms with Crippen LogP contribution in [0.3, 0.4) is 0 Å². The summed E-state index contributed by atoms with van der Waals surface area (Å²) in [4.78, 5) is 62.3. The number of ether oxygens (including phenoxy) is 1. The van der Waals surface area contributed by atoms with Gasteiger partial charge in [0.05, 0.1) is 17.1 Å². The average Bonchev–Trinajstić information content (AvgIpc) is 3.60. The first-order valence-electron chi connectivity index (χ1n) is 21.6. The summed E-state index contributed by atoms with van der Waals surface area (Å²) in [5, 5.41) is 6.45. The van der Waals surface area contributed by atoms with Gasteiger partial charge in [-0.25, -0.2) is 19.6 Å². The minimum absolute atomic E-state index is 0.00809. The Kier molecular flexibility index (Phi) is 15.3. The molecule has 0 aliphatic heterocycles. The number of unbranched alkanes of at least 4 members (excludes halogenated alkanes) is 1. The van der Waals surface area contributed by atoms with E-state index < -0.39 is 18.0 Å². The van der Waals surface area contributed by atoms with Crippen molar-refractivity contribution in [3.63, 3.8) is 0 Å². The number of imidazole rings is 1. The molecule has 2 atom stereocenters. The molecule has 1 saturated carbocycles. The highest BCUT2D eigenvalue weighted by atomic mass is 16.6. The number of pyridine rings is 1. The number of urea groups is 1. The Morgan fingerprint density at radius 2 is 1.64 bits per heavy atom. The Morgan fingerprint density at radius 3 is 2.31 bits per heavy atom. The van der Waals surface area contributed by atoms with Gasteiger partial charge in [-0.05, 0) is 78.8 Å². The lowest BCUT2D eigenvalue weighted by atomic mass is 9.85. The molecule has 0 radical (unpaired) electrons. The fraction of sp³-hybridized carbons (Fsp3) is 0.447. The molecule has 1 aliphatic carbocycles. The van der Waals surface area contributed by atoms with Gasteiger partial charge in [-0.3, -0.25) is 9.59 Å². The summed E-state index contributed by atoms with van der Waals surface area (Å²) in [6, 6.07) is 22.2. The largest absolute Gasteiger partial charge is 0.445 e. The van der Waals surface area contributed by atoms with E-state index in [0.29, 0.717) is 56.4 Å².